The van der Waals surface area contributed by atoms with E-state index in [-0.39, 0.29) is 5.92 Å². The second kappa shape index (κ2) is 5.35. The van der Waals surface area contributed by atoms with Crippen LogP contribution in [-0.2, 0) is 6.42 Å². The minimum absolute atomic E-state index is 0.251. The molecule has 0 amide bonds. The average Bonchev–Trinajstić information content (AvgIpc) is 2.74. The van der Waals surface area contributed by atoms with Gasteiger partial charge in [0.2, 0.25) is 5.89 Å². The number of H-pyrrole nitrogens is 1. The van der Waals surface area contributed by atoms with E-state index in [0.717, 1.165) is 11.3 Å². The summed E-state index contributed by atoms with van der Waals surface area (Å²) in [6.07, 6.45) is 0.687. The van der Waals surface area contributed by atoms with Gasteiger partial charge in [-0.1, -0.05) is 24.6 Å². The highest BCUT2D eigenvalue weighted by atomic mass is 32.1. The Labute approximate surface area is 111 Å². The van der Waals surface area contributed by atoms with Crippen molar-refractivity contribution in [3.8, 4) is 5.75 Å². The number of rotatable bonds is 4. The van der Waals surface area contributed by atoms with Crippen molar-refractivity contribution >= 4 is 12.2 Å². The zero-order chi connectivity index (χ0) is 13.1. The van der Waals surface area contributed by atoms with E-state index in [2.05, 4.69) is 30.1 Å². The normalized spacial score (nSPS) is 12.4. The average molecular weight is 264 g/mol. The molecule has 96 valence electrons. The minimum atomic E-state index is 0.251. The highest BCUT2D eigenvalue weighted by Crippen LogP contribution is 2.29. The first-order valence-corrected chi connectivity index (χ1v) is 6.20. The molecule has 0 spiro atoms. The van der Waals surface area contributed by atoms with Crippen LogP contribution in [0.1, 0.15) is 29.9 Å². The maximum atomic E-state index is 5.38. The summed E-state index contributed by atoms with van der Waals surface area (Å²) < 4.78 is 10.7. The third kappa shape index (κ3) is 2.79. The molecule has 1 aromatic heterocycles. The van der Waals surface area contributed by atoms with Crippen molar-refractivity contribution in [3.05, 3.63) is 40.1 Å². The highest BCUT2D eigenvalue weighted by Gasteiger charge is 2.14. The Balaban J connectivity index is 2.25. The fourth-order valence-corrected chi connectivity index (χ4v) is 2.10. The SMILES string of the molecule is COc1ccc(C)cc1C(C)Cc1n[nH]c(=S)o1. The van der Waals surface area contributed by atoms with Crippen molar-refractivity contribution in [1.82, 2.24) is 10.2 Å². The van der Waals surface area contributed by atoms with E-state index in [1.54, 1.807) is 7.11 Å². The molecule has 2 aromatic rings. The van der Waals surface area contributed by atoms with Crippen LogP contribution < -0.4 is 4.74 Å². The van der Waals surface area contributed by atoms with Crippen LogP contribution in [0, 0.1) is 11.8 Å². The lowest BCUT2D eigenvalue weighted by Crippen LogP contribution is -2.02. The van der Waals surface area contributed by atoms with Crippen molar-refractivity contribution in [2.75, 3.05) is 7.11 Å². The number of hydrogen-bond acceptors (Lipinski definition) is 4. The fraction of sp³-hybridized carbons (Fsp3) is 0.385. The number of aromatic nitrogens is 2. The summed E-state index contributed by atoms with van der Waals surface area (Å²) in [5.41, 5.74) is 2.36. The topological polar surface area (TPSA) is 51.0 Å². The number of nitrogens with one attached hydrogen (secondary N) is 1. The van der Waals surface area contributed by atoms with Gasteiger partial charge in [-0.25, -0.2) is 5.10 Å². The van der Waals surface area contributed by atoms with Crippen molar-refractivity contribution in [1.29, 1.82) is 0 Å². The number of aryl methyl sites for hydroxylation is 1. The molecule has 1 unspecified atom stereocenters. The summed E-state index contributed by atoms with van der Waals surface area (Å²) in [6, 6.07) is 6.15. The predicted molar refractivity (Wildman–Crippen MR) is 71.5 cm³/mol. The maximum Gasteiger partial charge on any atom is 0.284 e. The predicted octanol–water partition coefficient (Wildman–Crippen LogP) is 3.40. The lowest BCUT2D eigenvalue weighted by molar-refractivity contribution is 0.402. The Morgan fingerprint density at radius 2 is 2.28 bits per heavy atom. The summed E-state index contributed by atoms with van der Waals surface area (Å²) in [6.45, 7) is 4.18. The summed E-state index contributed by atoms with van der Waals surface area (Å²) in [5, 5.41) is 6.65. The Kier molecular flexibility index (Phi) is 3.81. The molecule has 1 atom stereocenters. The van der Waals surface area contributed by atoms with E-state index in [4.69, 9.17) is 21.4 Å². The third-order valence-electron chi connectivity index (χ3n) is 2.88. The molecule has 1 heterocycles. The van der Waals surface area contributed by atoms with Crippen molar-refractivity contribution in [2.45, 2.75) is 26.2 Å². The van der Waals surface area contributed by atoms with E-state index in [0.29, 0.717) is 17.1 Å². The molecule has 0 aliphatic rings. The third-order valence-corrected chi connectivity index (χ3v) is 3.05. The highest BCUT2D eigenvalue weighted by molar-refractivity contribution is 7.71. The summed E-state index contributed by atoms with van der Waals surface area (Å²) in [4.78, 5) is 0.313. The summed E-state index contributed by atoms with van der Waals surface area (Å²) in [7, 11) is 1.68. The van der Waals surface area contributed by atoms with E-state index in [1.807, 2.05) is 12.1 Å². The van der Waals surface area contributed by atoms with Crippen LogP contribution in [0.5, 0.6) is 5.75 Å². The molecule has 0 radical (unpaired) electrons. The van der Waals surface area contributed by atoms with Gasteiger partial charge in [0, 0.05) is 6.42 Å². The smallest absolute Gasteiger partial charge is 0.284 e. The summed E-state index contributed by atoms with van der Waals surface area (Å²) >= 11 is 4.86. The molecule has 0 saturated carbocycles. The second-order valence-corrected chi connectivity index (χ2v) is 4.73. The molecule has 0 fully saturated rings. The monoisotopic (exact) mass is 264 g/mol. The number of methoxy groups -OCH3 is 1. The lowest BCUT2D eigenvalue weighted by atomic mass is 9.95. The molecular formula is C13H16N2O2S. The maximum absolute atomic E-state index is 5.38. The number of hydrogen-bond donors (Lipinski definition) is 1. The van der Waals surface area contributed by atoms with Crippen LogP contribution in [0.25, 0.3) is 0 Å². The van der Waals surface area contributed by atoms with Crippen molar-refractivity contribution in [3.63, 3.8) is 0 Å². The van der Waals surface area contributed by atoms with E-state index >= 15 is 0 Å². The zero-order valence-corrected chi connectivity index (χ0v) is 11.5. The Bertz CT molecular complexity index is 589. The van der Waals surface area contributed by atoms with Crippen LogP contribution in [0.4, 0.5) is 0 Å². The van der Waals surface area contributed by atoms with Gasteiger partial charge in [0.15, 0.2) is 0 Å². The van der Waals surface area contributed by atoms with E-state index in [9.17, 15) is 0 Å². The van der Waals surface area contributed by atoms with Gasteiger partial charge in [0.05, 0.1) is 7.11 Å². The van der Waals surface area contributed by atoms with Gasteiger partial charge >= 0.3 is 0 Å². The minimum Gasteiger partial charge on any atom is -0.496 e. The molecule has 0 aliphatic heterocycles. The molecule has 5 heteroatoms. The number of aromatic amines is 1. The number of benzene rings is 1. The molecule has 1 N–H and O–H groups in total. The quantitative estimate of drug-likeness (QED) is 0.860. The van der Waals surface area contributed by atoms with Crippen LogP contribution in [-0.4, -0.2) is 17.3 Å². The van der Waals surface area contributed by atoms with Gasteiger partial charge in [-0.05, 0) is 36.7 Å². The van der Waals surface area contributed by atoms with Crippen molar-refractivity contribution in [2.24, 2.45) is 0 Å². The number of ether oxygens (including phenoxy) is 1. The molecule has 0 saturated heterocycles. The first-order valence-electron chi connectivity index (χ1n) is 5.79. The van der Waals surface area contributed by atoms with Gasteiger partial charge in [0.25, 0.3) is 4.84 Å². The molecule has 0 bridgehead atoms. The van der Waals surface area contributed by atoms with Gasteiger partial charge in [-0.3, -0.25) is 0 Å². The van der Waals surface area contributed by atoms with Gasteiger partial charge in [-0.15, -0.1) is 5.10 Å². The van der Waals surface area contributed by atoms with Crippen LogP contribution >= 0.6 is 12.2 Å². The standard InChI is InChI=1S/C13H16N2O2S/c1-8-4-5-11(16-3)10(6-8)9(2)7-12-14-15-13(18)17-12/h4-6,9H,7H2,1-3H3,(H,15,18). The Morgan fingerprint density at radius 1 is 1.50 bits per heavy atom. The van der Waals surface area contributed by atoms with Crippen LogP contribution in [0.15, 0.2) is 22.6 Å². The first kappa shape index (κ1) is 12.8. The first-order chi connectivity index (χ1) is 8.60. The molecular weight excluding hydrogens is 248 g/mol. The molecule has 2 rings (SSSR count). The fourth-order valence-electron chi connectivity index (χ4n) is 1.96. The lowest BCUT2D eigenvalue weighted by Gasteiger charge is -2.14. The van der Waals surface area contributed by atoms with Gasteiger partial charge < -0.3 is 9.15 Å². The largest absolute Gasteiger partial charge is 0.496 e. The van der Waals surface area contributed by atoms with Crippen molar-refractivity contribution < 1.29 is 9.15 Å². The van der Waals surface area contributed by atoms with Crippen LogP contribution in [0.2, 0.25) is 0 Å². The van der Waals surface area contributed by atoms with E-state index in [1.165, 1.54) is 5.56 Å². The molecule has 1 aromatic carbocycles. The molecule has 18 heavy (non-hydrogen) atoms. The second-order valence-electron chi connectivity index (χ2n) is 4.36. The molecule has 4 nitrogen and oxygen atoms in total. The Hall–Kier alpha value is -1.62. The number of nitrogens with zero attached hydrogens (tertiary/aromatic N) is 1. The van der Waals surface area contributed by atoms with E-state index < -0.39 is 0 Å². The Morgan fingerprint density at radius 3 is 2.89 bits per heavy atom. The van der Waals surface area contributed by atoms with Gasteiger partial charge in [-0.2, -0.15) is 0 Å². The molecule has 0 aliphatic carbocycles. The zero-order valence-electron chi connectivity index (χ0n) is 10.7. The van der Waals surface area contributed by atoms with Crippen LogP contribution in [0.3, 0.4) is 0 Å². The van der Waals surface area contributed by atoms with Gasteiger partial charge in [0.1, 0.15) is 5.75 Å². The summed E-state index contributed by atoms with van der Waals surface area (Å²) in [5.74, 6) is 1.76.